The number of amides is 1. The normalized spacial score (nSPS) is 10.3. The van der Waals surface area contributed by atoms with E-state index in [1.165, 1.54) is 0 Å². The van der Waals surface area contributed by atoms with Crippen LogP contribution in [0.3, 0.4) is 0 Å². The van der Waals surface area contributed by atoms with Gasteiger partial charge in [0.05, 0.1) is 18.5 Å². The van der Waals surface area contributed by atoms with E-state index in [-0.39, 0.29) is 18.5 Å². The van der Waals surface area contributed by atoms with Crippen molar-refractivity contribution in [3.63, 3.8) is 0 Å². The van der Waals surface area contributed by atoms with Gasteiger partial charge in [-0.2, -0.15) is 0 Å². The second-order valence-electron chi connectivity index (χ2n) is 6.16. The lowest BCUT2D eigenvalue weighted by molar-refractivity contribution is -0.135. The van der Waals surface area contributed by atoms with Crippen LogP contribution in [-0.2, 0) is 25.3 Å². The van der Waals surface area contributed by atoms with Crippen LogP contribution >= 0.6 is 19.2 Å². The van der Waals surface area contributed by atoms with Crippen LogP contribution in [0, 0.1) is 6.92 Å². The molecule has 1 aromatic rings. The van der Waals surface area contributed by atoms with Crippen LogP contribution in [0.15, 0.2) is 18.2 Å². The number of benzene rings is 1. The molecule has 0 unspecified atom stereocenters. The molecule has 1 rings (SSSR count). The average Bonchev–Trinajstić information content (AvgIpc) is 2.68. The topological polar surface area (TPSA) is 148 Å². The highest BCUT2D eigenvalue weighted by molar-refractivity contribution is 7.51. The molecule has 5 N–H and O–H groups in total. The minimum Gasteiger partial charge on any atom is -0.480 e. The first-order valence-electron chi connectivity index (χ1n) is 9.56. The van der Waals surface area contributed by atoms with Crippen LogP contribution in [0.4, 0.5) is 5.69 Å². The number of aliphatic carboxylic acids is 1. The third-order valence-electron chi connectivity index (χ3n) is 3.41. The number of carboxylic acids is 1. The minimum absolute atomic E-state index is 0.0371. The molecule has 31 heavy (non-hydrogen) atoms. The molecule has 10 nitrogen and oxygen atoms in total. The molecule has 0 spiro atoms. The summed E-state index contributed by atoms with van der Waals surface area (Å²) in [5.41, 5.74) is 3.12. The molecule has 1 aromatic carbocycles. The van der Waals surface area contributed by atoms with E-state index in [1.54, 1.807) is 4.90 Å². The average molecular weight is 484 g/mol. The molecular formula is C19H35ClN3O7P. The van der Waals surface area contributed by atoms with E-state index in [0.29, 0.717) is 6.61 Å². The highest BCUT2D eigenvalue weighted by atomic mass is 35.5. The van der Waals surface area contributed by atoms with Gasteiger partial charge < -0.3 is 24.9 Å². The van der Waals surface area contributed by atoms with E-state index in [1.807, 2.05) is 46.1 Å². The molecule has 0 radical (unpaired) electrons. The standard InChI is InChI=1S/C14H20ClNO2.C3H8NO5P.C2H7N/c1-4-12-8-6-7-11(3)14(12)16(10-18-5-2)13(17)9-15;5-3(6)1-4-2-10(7,8)9;1-3-2/h6-8H,4-5,9-10H2,1-3H3;4H,1-2H2,(H,5,6)(H2,7,8,9);3H,1-2H3. The molecule has 0 bridgehead atoms. The van der Waals surface area contributed by atoms with E-state index in [9.17, 15) is 14.2 Å². The van der Waals surface area contributed by atoms with E-state index in [0.717, 1.165) is 23.2 Å². The fraction of sp³-hybridized carbons (Fsp3) is 0.579. The van der Waals surface area contributed by atoms with Crippen molar-refractivity contribution in [1.82, 2.24) is 10.6 Å². The molecule has 0 aliphatic rings. The van der Waals surface area contributed by atoms with Gasteiger partial charge in [0, 0.05) is 6.61 Å². The fourth-order valence-electron chi connectivity index (χ4n) is 2.22. The summed E-state index contributed by atoms with van der Waals surface area (Å²) in [6, 6.07) is 6.03. The number of anilines is 1. The van der Waals surface area contributed by atoms with E-state index >= 15 is 0 Å². The van der Waals surface area contributed by atoms with Gasteiger partial charge in [0.15, 0.2) is 0 Å². The molecule has 0 saturated carbocycles. The number of para-hydroxylation sites is 1. The first-order chi connectivity index (χ1) is 14.5. The van der Waals surface area contributed by atoms with Gasteiger partial charge in [-0.05, 0) is 45.5 Å². The lowest BCUT2D eigenvalue weighted by Gasteiger charge is -2.25. The van der Waals surface area contributed by atoms with Crippen molar-refractivity contribution in [2.75, 3.05) is 51.0 Å². The molecule has 0 aliphatic heterocycles. The molecule has 180 valence electrons. The number of hydrogen-bond acceptors (Lipinski definition) is 6. The maximum Gasteiger partial charge on any atom is 0.339 e. The van der Waals surface area contributed by atoms with Crippen molar-refractivity contribution in [3.8, 4) is 0 Å². The van der Waals surface area contributed by atoms with Crippen LogP contribution in [0.5, 0.6) is 0 Å². The first kappa shape index (κ1) is 31.7. The van der Waals surface area contributed by atoms with Gasteiger partial charge in [0.1, 0.15) is 12.6 Å². The van der Waals surface area contributed by atoms with Crippen LogP contribution in [0.2, 0.25) is 0 Å². The van der Waals surface area contributed by atoms with Crippen LogP contribution in [0.1, 0.15) is 25.0 Å². The molecule has 0 heterocycles. The lowest BCUT2D eigenvalue weighted by atomic mass is 10.0. The molecule has 12 heteroatoms. The Morgan fingerprint density at radius 3 is 2.23 bits per heavy atom. The van der Waals surface area contributed by atoms with E-state index in [4.69, 9.17) is 31.2 Å². The Hall–Kier alpha value is -1.52. The van der Waals surface area contributed by atoms with Gasteiger partial charge in [-0.1, -0.05) is 25.1 Å². The van der Waals surface area contributed by atoms with E-state index in [2.05, 4.69) is 17.6 Å². The summed E-state index contributed by atoms with van der Waals surface area (Å²) in [4.78, 5) is 39.7. The van der Waals surface area contributed by atoms with Gasteiger partial charge in [0.25, 0.3) is 0 Å². The van der Waals surface area contributed by atoms with Crippen molar-refractivity contribution >= 4 is 36.8 Å². The number of carbonyl (C=O) groups excluding carboxylic acids is 1. The smallest absolute Gasteiger partial charge is 0.339 e. The van der Waals surface area contributed by atoms with Gasteiger partial charge in [-0.3, -0.25) is 24.4 Å². The van der Waals surface area contributed by atoms with Crippen LogP contribution in [0.25, 0.3) is 0 Å². The molecule has 0 aliphatic carbocycles. The zero-order valence-corrected chi connectivity index (χ0v) is 20.4. The summed E-state index contributed by atoms with van der Waals surface area (Å²) in [5.74, 6) is -1.31. The van der Waals surface area contributed by atoms with Crippen molar-refractivity contribution in [2.24, 2.45) is 0 Å². The number of rotatable bonds is 10. The summed E-state index contributed by atoms with van der Waals surface area (Å²) in [6.07, 6.45) is 0.272. The number of nitrogens with one attached hydrogen (secondary N) is 2. The quantitative estimate of drug-likeness (QED) is 0.190. The predicted octanol–water partition coefficient (Wildman–Crippen LogP) is 1.75. The highest BCUT2D eigenvalue weighted by Gasteiger charge is 2.19. The Morgan fingerprint density at radius 2 is 1.81 bits per heavy atom. The number of alkyl halides is 1. The summed E-state index contributed by atoms with van der Waals surface area (Å²) < 4.78 is 15.4. The van der Waals surface area contributed by atoms with Gasteiger partial charge in [-0.15, -0.1) is 11.6 Å². The van der Waals surface area contributed by atoms with Crippen LogP contribution in [-0.4, -0.2) is 72.9 Å². The van der Waals surface area contributed by atoms with Crippen molar-refractivity contribution < 1.29 is 33.8 Å². The van der Waals surface area contributed by atoms with Crippen molar-refractivity contribution in [1.29, 1.82) is 0 Å². The summed E-state index contributed by atoms with van der Waals surface area (Å²) in [7, 11) is -0.346. The van der Waals surface area contributed by atoms with E-state index < -0.39 is 26.4 Å². The van der Waals surface area contributed by atoms with Crippen molar-refractivity contribution in [3.05, 3.63) is 29.3 Å². The summed E-state index contributed by atoms with van der Waals surface area (Å²) in [6.45, 7) is 6.35. The minimum atomic E-state index is -4.10. The zero-order valence-electron chi connectivity index (χ0n) is 18.7. The number of ether oxygens (including phenoxy) is 1. The Labute approximate surface area is 189 Å². The molecular weight excluding hydrogens is 449 g/mol. The van der Waals surface area contributed by atoms with Crippen LogP contribution < -0.4 is 15.5 Å². The number of halogens is 1. The Bertz CT molecular complexity index is 701. The maximum atomic E-state index is 12.0. The predicted molar refractivity (Wildman–Crippen MR) is 123 cm³/mol. The van der Waals surface area contributed by atoms with Gasteiger partial charge in [0.2, 0.25) is 5.91 Å². The summed E-state index contributed by atoms with van der Waals surface area (Å²) >= 11 is 5.68. The second-order valence-corrected chi connectivity index (χ2v) is 8.07. The maximum absolute atomic E-state index is 12.0. The monoisotopic (exact) mass is 483 g/mol. The molecule has 0 atom stereocenters. The largest absolute Gasteiger partial charge is 0.480 e. The Kier molecular flexibility index (Phi) is 18.5. The number of carboxylic acid groups (broad SMARTS) is 1. The second kappa shape index (κ2) is 18.1. The Morgan fingerprint density at radius 1 is 1.23 bits per heavy atom. The van der Waals surface area contributed by atoms with Gasteiger partial charge in [-0.25, -0.2) is 0 Å². The molecule has 1 amide bonds. The number of nitrogens with zero attached hydrogens (tertiary/aromatic N) is 1. The molecule has 0 saturated heterocycles. The van der Waals surface area contributed by atoms with Gasteiger partial charge >= 0.3 is 13.6 Å². The highest BCUT2D eigenvalue weighted by Crippen LogP contribution is 2.31. The molecule has 0 fully saturated rings. The first-order valence-corrected chi connectivity index (χ1v) is 11.9. The third-order valence-corrected chi connectivity index (χ3v) is 4.27. The number of aryl methyl sites for hydroxylation is 2. The third kappa shape index (κ3) is 15.9. The zero-order chi connectivity index (χ0) is 24.4. The summed E-state index contributed by atoms with van der Waals surface area (Å²) in [5, 5.41) is 12.8. The number of hydrogen-bond donors (Lipinski definition) is 5. The lowest BCUT2D eigenvalue weighted by Crippen LogP contribution is -2.35. The SMILES string of the molecule is CCOCN(C(=O)CCl)c1c(C)cccc1CC.CNC.O=C(O)CNCP(=O)(O)O. The molecule has 0 aromatic heterocycles. The van der Waals surface area contributed by atoms with Crippen molar-refractivity contribution in [2.45, 2.75) is 27.2 Å². The number of carbonyl (C=O) groups is 2. The fourth-order valence-corrected chi connectivity index (χ4v) is 2.76. The Balaban J connectivity index is 0.